The number of hydrogen-bond acceptors (Lipinski definition) is 5. The maximum atomic E-state index is 14.0. The van der Waals surface area contributed by atoms with Gasteiger partial charge in [0.15, 0.2) is 0 Å². The van der Waals surface area contributed by atoms with Crippen LogP contribution >= 0.6 is 0 Å². The number of rotatable bonds is 6. The maximum absolute atomic E-state index is 14.0. The lowest BCUT2D eigenvalue weighted by Crippen LogP contribution is -2.48. The molecule has 0 N–H and O–H groups in total. The van der Waals surface area contributed by atoms with Gasteiger partial charge >= 0.3 is 0 Å². The third-order valence-electron chi connectivity index (χ3n) is 5.56. The van der Waals surface area contributed by atoms with Crippen molar-refractivity contribution in [2.75, 3.05) is 32.8 Å². The molecule has 0 spiro atoms. The fraction of sp³-hybridized carbons (Fsp3) is 0.455. The van der Waals surface area contributed by atoms with Crippen molar-refractivity contribution < 1.29 is 22.3 Å². The average molecular weight is 435 g/mol. The highest BCUT2D eigenvalue weighted by molar-refractivity contribution is 7.89. The Hall–Kier alpha value is -2.16. The zero-order valence-corrected chi connectivity index (χ0v) is 18.1. The molecule has 0 bridgehead atoms. The fourth-order valence-electron chi connectivity index (χ4n) is 4.06. The van der Waals surface area contributed by atoms with Crippen LogP contribution in [0.5, 0.6) is 11.5 Å². The van der Waals surface area contributed by atoms with Crippen LogP contribution in [0.1, 0.15) is 25.0 Å². The molecule has 2 aromatic rings. The molecule has 1 fully saturated rings. The first kappa shape index (κ1) is 21.1. The summed E-state index contributed by atoms with van der Waals surface area (Å²) in [5.41, 5.74) is 2.20. The Morgan fingerprint density at radius 1 is 1.17 bits per heavy atom. The van der Waals surface area contributed by atoms with Gasteiger partial charge in [-0.05, 0) is 38.1 Å². The van der Waals surface area contributed by atoms with Crippen molar-refractivity contribution in [3.05, 3.63) is 53.3 Å². The number of nitrogens with zero attached hydrogens (tertiary/aromatic N) is 2. The van der Waals surface area contributed by atoms with Crippen molar-refractivity contribution in [1.29, 1.82) is 0 Å². The lowest BCUT2D eigenvalue weighted by atomic mass is 10.1. The molecular weight excluding hydrogens is 407 g/mol. The van der Waals surface area contributed by atoms with Gasteiger partial charge in [-0.2, -0.15) is 4.31 Å². The van der Waals surface area contributed by atoms with Crippen molar-refractivity contribution in [3.8, 4) is 11.5 Å². The fourth-order valence-corrected chi connectivity index (χ4v) is 5.54. The molecule has 2 aliphatic rings. The van der Waals surface area contributed by atoms with Gasteiger partial charge in [0.05, 0.1) is 6.61 Å². The molecule has 1 atom stereocenters. The second kappa shape index (κ2) is 8.53. The van der Waals surface area contributed by atoms with E-state index >= 15 is 0 Å². The first-order valence-electron chi connectivity index (χ1n) is 10.3. The summed E-state index contributed by atoms with van der Waals surface area (Å²) in [6, 6.07) is 9.64. The summed E-state index contributed by atoms with van der Waals surface area (Å²) in [4.78, 5) is 1.93. The smallest absolute Gasteiger partial charge is 0.246 e. The summed E-state index contributed by atoms with van der Waals surface area (Å²) in [6.45, 7) is 7.00. The molecule has 8 heteroatoms. The summed E-state index contributed by atoms with van der Waals surface area (Å²) in [5, 5.41) is 0. The zero-order chi connectivity index (χ0) is 21.3. The third kappa shape index (κ3) is 4.17. The molecule has 0 unspecified atom stereocenters. The van der Waals surface area contributed by atoms with E-state index in [1.54, 1.807) is 0 Å². The predicted octanol–water partition coefficient (Wildman–Crippen LogP) is 3.05. The monoisotopic (exact) mass is 434 g/mol. The van der Waals surface area contributed by atoms with E-state index in [4.69, 9.17) is 9.47 Å². The van der Waals surface area contributed by atoms with Crippen LogP contribution in [-0.2, 0) is 23.0 Å². The summed E-state index contributed by atoms with van der Waals surface area (Å²) < 4.78 is 52.7. The van der Waals surface area contributed by atoms with Crippen molar-refractivity contribution >= 4 is 10.0 Å². The van der Waals surface area contributed by atoms with E-state index in [1.165, 1.54) is 28.6 Å². The molecule has 30 heavy (non-hydrogen) atoms. The molecule has 6 nitrogen and oxygen atoms in total. The molecule has 0 aromatic heterocycles. The van der Waals surface area contributed by atoms with E-state index < -0.39 is 15.8 Å². The van der Waals surface area contributed by atoms with Crippen LogP contribution in [-0.4, -0.2) is 56.5 Å². The van der Waals surface area contributed by atoms with Gasteiger partial charge in [0.2, 0.25) is 10.0 Å². The number of piperazine rings is 1. The number of ether oxygens (including phenoxy) is 2. The first-order chi connectivity index (χ1) is 14.4. The first-order valence-corrected chi connectivity index (χ1v) is 11.7. The van der Waals surface area contributed by atoms with Gasteiger partial charge in [0, 0.05) is 50.3 Å². The second-order valence-corrected chi connectivity index (χ2v) is 9.65. The standard InChI is InChI=1S/C22H27FN2O4S/c1-3-28-20-13-17-12-16(2)29-21(17)14-18(20)15-24-8-10-25(11-9-24)30(26,27)22-7-5-4-6-19(22)23/h4-7,13-14,16H,3,8-12,15H2,1-2H3/t16-/m1/s1. The van der Waals surface area contributed by atoms with Crippen LogP contribution in [0.2, 0.25) is 0 Å². The summed E-state index contributed by atoms with van der Waals surface area (Å²) in [6.07, 6.45) is 1.04. The minimum atomic E-state index is -3.83. The van der Waals surface area contributed by atoms with E-state index in [9.17, 15) is 12.8 Å². The van der Waals surface area contributed by atoms with Gasteiger partial charge < -0.3 is 9.47 Å². The van der Waals surface area contributed by atoms with Gasteiger partial charge in [-0.1, -0.05) is 12.1 Å². The Labute approximate surface area is 177 Å². The minimum Gasteiger partial charge on any atom is -0.494 e. The second-order valence-electron chi connectivity index (χ2n) is 7.74. The van der Waals surface area contributed by atoms with E-state index in [-0.39, 0.29) is 11.0 Å². The van der Waals surface area contributed by atoms with Crippen LogP contribution in [0.15, 0.2) is 41.3 Å². The molecule has 4 rings (SSSR count). The SMILES string of the molecule is CCOc1cc2c(cc1CN1CCN(S(=O)(=O)c3ccccc3F)CC1)O[C@H](C)C2. The lowest BCUT2D eigenvalue weighted by Gasteiger charge is -2.34. The van der Waals surface area contributed by atoms with Crippen LogP contribution in [0.25, 0.3) is 0 Å². The number of benzene rings is 2. The third-order valence-corrected chi connectivity index (χ3v) is 7.49. The predicted molar refractivity (Wildman–Crippen MR) is 112 cm³/mol. The molecule has 0 radical (unpaired) electrons. The largest absolute Gasteiger partial charge is 0.494 e. The molecule has 2 heterocycles. The Morgan fingerprint density at radius 3 is 2.60 bits per heavy atom. The molecule has 0 saturated carbocycles. The Balaban J connectivity index is 1.45. The van der Waals surface area contributed by atoms with Crippen molar-refractivity contribution in [3.63, 3.8) is 0 Å². The molecule has 1 saturated heterocycles. The lowest BCUT2D eigenvalue weighted by molar-refractivity contribution is 0.179. The Morgan fingerprint density at radius 2 is 1.90 bits per heavy atom. The summed E-state index contributed by atoms with van der Waals surface area (Å²) in [5.74, 6) is 1.05. The molecule has 0 aliphatic carbocycles. The topological polar surface area (TPSA) is 59.1 Å². The van der Waals surface area contributed by atoms with Gasteiger partial charge in [0.1, 0.15) is 28.3 Å². The van der Waals surface area contributed by atoms with Gasteiger partial charge in [-0.25, -0.2) is 12.8 Å². The zero-order valence-electron chi connectivity index (χ0n) is 17.3. The van der Waals surface area contributed by atoms with E-state index in [2.05, 4.69) is 17.9 Å². The van der Waals surface area contributed by atoms with Crippen LogP contribution < -0.4 is 9.47 Å². The maximum Gasteiger partial charge on any atom is 0.246 e. The van der Waals surface area contributed by atoms with E-state index in [1.807, 2.05) is 13.0 Å². The summed E-state index contributed by atoms with van der Waals surface area (Å²) >= 11 is 0. The molecule has 2 aromatic carbocycles. The normalized spacial score (nSPS) is 20.0. The highest BCUT2D eigenvalue weighted by Crippen LogP contribution is 2.36. The molecular formula is C22H27FN2O4S. The Kier molecular flexibility index (Phi) is 5.99. The summed E-state index contributed by atoms with van der Waals surface area (Å²) in [7, 11) is -3.83. The highest BCUT2D eigenvalue weighted by atomic mass is 32.2. The molecule has 162 valence electrons. The molecule has 2 aliphatic heterocycles. The number of sulfonamides is 1. The van der Waals surface area contributed by atoms with Gasteiger partial charge in [-0.15, -0.1) is 0 Å². The van der Waals surface area contributed by atoms with Crippen molar-refractivity contribution in [2.45, 2.75) is 37.8 Å². The van der Waals surface area contributed by atoms with Crippen LogP contribution in [0.4, 0.5) is 4.39 Å². The average Bonchev–Trinajstić information content (AvgIpc) is 3.08. The highest BCUT2D eigenvalue weighted by Gasteiger charge is 2.31. The quantitative estimate of drug-likeness (QED) is 0.700. The Bertz CT molecular complexity index is 1020. The van der Waals surface area contributed by atoms with E-state index in [0.29, 0.717) is 39.3 Å². The van der Waals surface area contributed by atoms with Crippen molar-refractivity contribution in [1.82, 2.24) is 9.21 Å². The van der Waals surface area contributed by atoms with Crippen molar-refractivity contribution in [2.24, 2.45) is 0 Å². The molecule has 0 amide bonds. The minimum absolute atomic E-state index is 0.164. The van der Waals surface area contributed by atoms with Crippen LogP contribution in [0.3, 0.4) is 0 Å². The van der Waals surface area contributed by atoms with Gasteiger partial charge in [-0.3, -0.25) is 4.90 Å². The van der Waals surface area contributed by atoms with E-state index in [0.717, 1.165) is 29.0 Å². The number of hydrogen-bond donors (Lipinski definition) is 0. The number of fused-ring (bicyclic) bond motifs is 1. The van der Waals surface area contributed by atoms with Crippen LogP contribution in [0, 0.1) is 5.82 Å². The van der Waals surface area contributed by atoms with Gasteiger partial charge in [0.25, 0.3) is 0 Å². The number of halogens is 1.